The van der Waals surface area contributed by atoms with Crippen LogP contribution in [0, 0.1) is 10.1 Å². The van der Waals surface area contributed by atoms with Crippen LogP contribution in [0.5, 0.6) is 0 Å². The number of nitro groups is 1. The van der Waals surface area contributed by atoms with Crippen LogP contribution in [0.4, 0.5) is 5.69 Å². The lowest BCUT2D eigenvalue weighted by atomic mass is 10.1. The summed E-state index contributed by atoms with van der Waals surface area (Å²) in [5.41, 5.74) is 0.397. The first-order valence-corrected chi connectivity index (χ1v) is 4.73. The van der Waals surface area contributed by atoms with E-state index >= 15 is 0 Å². The van der Waals surface area contributed by atoms with Gasteiger partial charge in [0.1, 0.15) is 0 Å². The summed E-state index contributed by atoms with van der Waals surface area (Å²) in [5.74, 6) is -0.578. The zero-order chi connectivity index (χ0) is 12.8. The molecular weight excluding hydrogens is 226 g/mol. The SMILES string of the molecule is COC(=O)C=CC(O)c1ccc([N+](=O)[O-])cc1. The lowest BCUT2D eigenvalue weighted by Gasteiger charge is -2.04. The van der Waals surface area contributed by atoms with Crippen LogP contribution in [0.15, 0.2) is 36.4 Å². The van der Waals surface area contributed by atoms with Crippen LogP contribution in [0.1, 0.15) is 11.7 Å². The minimum atomic E-state index is -1.00. The molecule has 6 heteroatoms. The molecule has 0 saturated carbocycles. The van der Waals surface area contributed by atoms with Gasteiger partial charge in [-0.15, -0.1) is 0 Å². The van der Waals surface area contributed by atoms with Crippen molar-refractivity contribution in [3.63, 3.8) is 0 Å². The molecule has 1 aromatic carbocycles. The molecule has 17 heavy (non-hydrogen) atoms. The van der Waals surface area contributed by atoms with Gasteiger partial charge in [-0.05, 0) is 23.8 Å². The molecule has 0 aliphatic rings. The van der Waals surface area contributed by atoms with E-state index in [-0.39, 0.29) is 5.69 Å². The Labute approximate surface area is 97.3 Å². The third-order valence-corrected chi connectivity index (χ3v) is 2.06. The van der Waals surface area contributed by atoms with E-state index in [9.17, 15) is 20.0 Å². The number of ether oxygens (including phenoxy) is 1. The van der Waals surface area contributed by atoms with Gasteiger partial charge in [0, 0.05) is 18.2 Å². The van der Waals surface area contributed by atoms with Crippen molar-refractivity contribution in [1.29, 1.82) is 0 Å². The number of methoxy groups -OCH3 is 1. The molecule has 1 atom stereocenters. The van der Waals surface area contributed by atoms with Gasteiger partial charge in [0.2, 0.25) is 0 Å². The quantitative estimate of drug-likeness (QED) is 0.369. The molecule has 0 amide bonds. The highest BCUT2D eigenvalue weighted by atomic mass is 16.6. The normalized spacial score (nSPS) is 12.4. The number of nitrogens with zero attached hydrogens (tertiary/aromatic N) is 1. The second-order valence-electron chi connectivity index (χ2n) is 3.18. The summed E-state index contributed by atoms with van der Waals surface area (Å²) in [5, 5.41) is 20.0. The lowest BCUT2D eigenvalue weighted by Crippen LogP contribution is -1.98. The van der Waals surface area contributed by atoms with E-state index in [4.69, 9.17) is 0 Å². The van der Waals surface area contributed by atoms with E-state index in [1.54, 1.807) is 0 Å². The van der Waals surface area contributed by atoms with Crippen LogP contribution in [0.25, 0.3) is 0 Å². The largest absolute Gasteiger partial charge is 0.466 e. The predicted molar refractivity (Wildman–Crippen MR) is 59.2 cm³/mol. The number of hydrogen-bond acceptors (Lipinski definition) is 5. The van der Waals surface area contributed by atoms with Gasteiger partial charge >= 0.3 is 5.97 Å². The Morgan fingerprint density at radius 1 is 1.47 bits per heavy atom. The van der Waals surface area contributed by atoms with Crippen LogP contribution >= 0.6 is 0 Å². The zero-order valence-corrected chi connectivity index (χ0v) is 9.07. The third kappa shape index (κ3) is 3.69. The van der Waals surface area contributed by atoms with Crippen LogP contribution in [0.3, 0.4) is 0 Å². The van der Waals surface area contributed by atoms with Gasteiger partial charge in [0.05, 0.1) is 18.1 Å². The van der Waals surface area contributed by atoms with Gasteiger partial charge in [0.15, 0.2) is 0 Å². The maximum absolute atomic E-state index is 10.8. The van der Waals surface area contributed by atoms with Crippen molar-refractivity contribution in [2.75, 3.05) is 7.11 Å². The number of nitro benzene ring substituents is 1. The predicted octanol–water partition coefficient (Wildman–Crippen LogP) is 1.36. The summed E-state index contributed by atoms with van der Waals surface area (Å²) < 4.78 is 4.36. The minimum absolute atomic E-state index is 0.0575. The second kappa shape index (κ2) is 5.76. The summed E-state index contributed by atoms with van der Waals surface area (Å²) >= 11 is 0. The number of aliphatic hydroxyl groups excluding tert-OH is 1. The Kier molecular flexibility index (Phi) is 4.36. The molecule has 0 radical (unpaired) electrons. The summed E-state index contributed by atoms with van der Waals surface area (Å²) in [6, 6.07) is 5.41. The van der Waals surface area contributed by atoms with Crippen molar-refractivity contribution in [3.8, 4) is 0 Å². The molecule has 0 aliphatic heterocycles. The van der Waals surface area contributed by atoms with Crippen LogP contribution < -0.4 is 0 Å². The van der Waals surface area contributed by atoms with Crippen LogP contribution in [0.2, 0.25) is 0 Å². The molecule has 0 heterocycles. The molecule has 0 aliphatic carbocycles. The van der Waals surface area contributed by atoms with E-state index in [0.29, 0.717) is 5.56 Å². The molecule has 1 rings (SSSR count). The Balaban J connectivity index is 2.76. The van der Waals surface area contributed by atoms with Gasteiger partial charge in [-0.25, -0.2) is 4.79 Å². The topological polar surface area (TPSA) is 89.7 Å². The third-order valence-electron chi connectivity index (χ3n) is 2.06. The first-order valence-electron chi connectivity index (χ1n) is 4.73. The number of non-ortho nitro benzene ring substituents is 1. The smallest absolute Gasteiger partial charge is 0.330 e. The molecule has 90 valence electrons. The molecular formula is C11H11NO5. The maximum atomic E-state index is 10.8. The molecule has 0 bridgehead atoms. The Hall–Kier alpha value is -2.21. The first-order chi connectivity index (χ1) is 8.04. The van der Waals surface area contributed by atoms with E-state index in [1.165, 1.54) is 37.5 Å². The fraction of sp³-hybridized carbons (Fsp3) is 0.182. The van der Waals surface area contributed by atoms with Crippen molar-refractivity contribution in [2.45, 2.75) is 6.10 Å². The fourth-order valence-electron chi connectivity index (χ4n) is 1.14. The van der Waals surface area contributed by atoms with Gasteiger partial charge < -0.3 is 9.84 Å². The van der Waals surface area contributed by atoms with Gasteiger partial charge in [-0.3, -0.25) is 10.1 Å². The van der Waals surface area contributed by atoms with Crippen molar-refractivity contribution in [1.82, 2.24) is 0 Å². The van der Waals surface area contributed by atoms with E-state index in [2.05, 4.69) is 4.74 Å². The fourth-order valence-corrected chi connectivity index (χ4v) is 1.14. The first kappa shape index (κ1) is 12.9. The Bertz CT molecular complexity index is 438. The maximum Gasteiger partial charge on any atom is 0.330 e. The van der Waals surface area contributed by atoms with Crippen LogP contribution in [-0.4, -0.2) is 23.1 Å². The van der Waals surface area contributed by atoms with Gasteiger partial charge in [-0.1, -0.05) is 0 Å². The number of esters is 1. The van der Waals surface area contributed by atoms with Gasteiger partial charge in [-0.2, -0.15) is 0 Å². The van der Waals surface area contributed by atoms with E-state index in [1.807, 2.05) is 0 Å². The number of carbonyl (C=O) groups is 1. The molecule has 0 spiro atoms. The molecule has 0 saturated heterocycles. The van der Waals surface area contributed by atoms with Crippen molar-refractivity contribution in [3.05, 3.63) is 52.1 Å². The summed E-state index contributed by atoms with van der Waals surface area (Å²) in [4.78, 5) is 20.7. The van der Waals surface area contributed by atoms with Crippen LogP contribution in [-0.2, 0) is 9.53 Å². The van der Waals surface area contributed by atoms with E-state index in [0.717, 1.165) is 6.08 Å². The summed E-state index contributed by atoms with van der Waals surface area (Å²) in [6.07, 6.45) is 1.33. The van der Waals surface area contributed by atoms with Crippen molar-refractivity contribution < 1.29 is 19.6 Å². The minimum Gasteiger partial charge on any atom is -0.466 e. The van der Waals surface area contributed by atoms with Gasteiger partial charge in [0.25, 0.3) is 5.69 Å². The number of benzene rings is 1. The molecule has 1 aromatic rings. The average molecular weight is 237 g/mol. The lowest BCUT2D eigenvalue weighted by molar-refractivity contribution is -0.384. The number of carbonyl (C=O) groups excluding carboxylic acids is 1. The molecule has 1 N–H and O–H groups in total. The second-order valence-corrected chi connectivity index (χ2v) is 3.18. The number of rotatable bonds is 4. The monoisotopic (exact) mass is 237 g/mol. The highest BCUT2D eigenvalue weighted by Crippen LogP contribution is 2.18. The summed E-state index contributed by atoms with van der Waals surface area (Å²) in [6.45, 7) is 0. The van der Waals surface area contributed by atoms with Crippen molar-refractivity contribution in [2.24, 2.45) is 0 Å². The Morgan fingerprint density at radius 2 is 2.06 bits per heavy atom. The molecule has 0 fully saturated rings. The zero-order valence-electron chi connectivity index (χ0n) is 9.07. The molecule has 6 nitrogen and oxygen atoms in total. The Morgan fingerprint density at radius 3 is 2.53 bits per heavy atom. The highest BCUT2D eigenvalue weighted by Gasteiger charge is 2.08. The van der Waals surface area contributed by atoms with E-state index < -0.39 is 17.0 Å². The number of aliphatic hydroxyl groups is 1. The highest BCUT2D eigenvalue weighted by molar-refractivity contribution is 5.81. The molecule has 0 aromatic heterocycles. The average Bonchev–Trinajstić information content (AvgIpc) is 2.35. The standard InChI is InChI=1S/C11H11NO5/c1-17-11(14)7-6-10(13)8-2-4-9(5-3-8)12(15)16/h2-7,10,13H,1H3. The summed E-state index contributed by atoms with van der Waals surface area (Å²) in [7, 11) is 1.23. The molecule has 1 unspecified atom stereocenters. The number of hydrogen-bond donors (Lipinski definition) is 1. The van der Waals surface area contributed by atoms with Crippen molar-refractivity contribution >= 4 is 11.7 Å².